The van der Waals surface area contributed by atoms with Crippen LogP contribution in [0.3, 0.4) is 0 Å². The van der Waals surface area contributed by atoms with Gasteiger partial charge in [-0.15, -0.1) is 0 Å². The maximum absolute atomic E-state index is 3.39. The van der Waals surface area contributed by atoms with Crippen LogP contribution in [0.5, 0.6) is 0 Å². The third kappa shape index (κ3) is 2.90. The van der Waals surface area contributed by atoms with E-state index in [1.54, 1.807) is 0 Å². The van der Waals surface area contributed by atoms with E-state index < -0.39 is 0 Å². The molecule has 1 unspecified atom stereocenters. The maximum Gasteiger partial charge on any atom is 0.0245 e. The van der Waals surface area contributed by atoms with Crippen molar-refractivity contribution in [2.24, 2.45) is 11.8 Å². The molecule has 1 aliphatic carbocycles. The van der Waals surface area contributed by atoms with Gasteiger partial charge < -0.3 is 5.32 Å². The second kappa shape index (κ2) is 5.09. The third-order valence-electron chi connectivity index (χ3n) is 4.17. The van der Waals surface area contributed by atoms with Crippen LogP contribution in [0, 0.1) is 11.8 Å². The lowest BCUT2D eigenvalue weighted by molar-refractivity contribution is 0.155. The molecule has 1 aliphatic heterocycles. The van der Waals surface area contributed by atoms with E-state index in [1.807, 2.05) is 11.3 Å². The Balaban J connectivity index is 1.56. The molecule has 1 N–H and O–H groups in total. The molecule has 1 aromatic heterocycles. The Bertz CT molecular complexity index is 341. The van der Waals surface area contributed by atoms with E-state index in [-0.39, 0.29) is 0 Å². The number of hydrogen-bond donors (Lipinski definition) is 1. The van der Waals surface area contributed by atoms with E-state index in [2.05, 4.69) is 34.0 Å². The first-order chi connectivity index (χ1) is 8.33. The molecule has 1 saturated carbocycles. The zero-order chi connectivity index (χ0) is 11.7. The van der Waals surface area contributed by atoms with Gasteiger partial charge in [0.2, 0.25) is 0 Å². The van der Waals surface area contributed by atoms with E-state index in [0.717, 1.165) is 17.9 Å². The number of nitrogens with zero attached hydrogens (tertiary/aromatic N) is 1. The van der Waals surface area contributed by atoms with Crippen molar-refractivity contribution < 1.29 is 0 Å². The summed E-state index contributed by atoms with van der Waals surface area (Å²) in [5.41, 5.74) is 1.50. The van der Waals surface area contributed by atoms with Gasteiger partial charge in [0.1, 0.15) is 0 Å². The predicted molar refractivity (Wildman–Crippen MR) is 73.3 cm³/mol. The van der Waals surface area contributed by atoms with Gasteiger partial charge >= 0.3 is 0 Å². The molecule has 1 saturated heterocycles. The molecule has 0 spiro atoms. The van der Waals surface area contributed by atoms with E-state index >= 15 is 0 Å². The number of nitrogens with one attached hydrogen (secondary N) is 1. The van der Waals surface area contributed by atoms with Crippen molar-refractivity contribution in [3.05, 3.63) is 22.4 Å². The maximum atomic E-state index is 3.39. The summed E-state index contributed by atoms with van der Waals surface area (Å²) in [6, 6.07) is 3.15. The Kier molecular flexibility index (Phi) is 3.50. The van der Waals surface area contributed by atoms with Crippen molar-refractivity contribution in [2.45, 2.75) is 32.4 Å². The van der Waals surface area contributed by atoms with Crippen molar-refractivity contribution in [3.63, 3.8) is 0 Å². The summed E-state index contributed by atoms with van der Waals surface area (Å²) < 4.78 is 0. The smallest absolute Gasteiger partial charge is 0.0245 e. The van der Waals surface area contributed by atoms with Gasteiger partial charge in [-0.25, -0.2) is 0 Å². The summed E-state index contributed by atoms with van der Waals surface area (Å²) in [7, 11) is 0. The van der Waals surface area contributed by atoms with Crippen molar-refractivity contribution in [3.8, 4) is 0 Å². The first-order valence-corrected chi connectivity index (χ1v) is 7.73. The molecule has 0 aromatic carbocycles. The van der Waals surface area contributed by atoms with E-state index in [4.69, 9.17) is 0 Å². The Hall–Kier alpha value is -0.380. The molecule has 2 aliphatic rings. The molecule has 3 rings (SSSR count). The molecular weight excluding hydrogens is 228 g/mol. The number of hydrogen-bond acceptors (Lipinski definition) is 3. The van der Waals surface area contributed by atoms with Crippen LogP contribution in [0.2, 0.25) is 0 Å². The second-order valence-corrected chi connectivity index (χ2v) is 6.47. The average molecular weight is 250 g/mol. The normalized spacial score (nSPS) is 22.7. The number of thiophene rings is 1. The zero-order valence-corrected chi connectivity index (χ0v) is 11.4. The van der Waals surface area contributed by atoms with Crippen LogP contribution in [-0.4, -0.2) is 30.6 Å². The minimum Gasteiger partial charge on any atom is -0.316 e. The van der Waals surface area contributed by atoms with Gasteiger partial charge in [-0.2, -0.15) is 11.3 Å². The molecular formula is C14H22N2S. The fourth-order valence-corrected chi connectivity index (χ4v) is 3.29. The van der Waals surface area contributed by atoms with E-state index in [9.17, 15) is 0 Å². The fraction of sp³-hybridized carbons (Fsp3) is 0.714. The van der Waals surface area contributed by atoms with Crippen LogP contribution in [0.25, 0.3) is 0 Å². The van der Waals surface area contributed by atoms with Gasteiger partial charge in [0.05, 0.1) is 0 Å². The molecule has 2 nitrogen and oxygen atoms in total. The lowest BCUT2D eigenvalue weighted by atomic mass is 9.88. The van der Waals surface area contributed by atoms with Gasteiger partial charge in [0.25, 0.3) is 0 Å². The van der Waals surface area contributed by atoms with E-state index in [1.165, 1.54) is 44.6 Å². The molecule has 1 aromatic rings. The van der Waals surface area contributed by atoms with Crippen LogP contribution in [0.15, 0.2) is 16.8 Å². The largest absolute Gasteiger partial charge is 0.316 e. The SMILES string of the molecule is CC(CN(Cc1ccsc1)C1CC1)C1CNC1. The summed E-state index contributed by atoms with van der Waals surface area (Å²) in [6.45, 7) is 7.34. The first kappa shape index (κ1) is 11.7. The van der Waals surface area contributed by atoms with Crippen LogP contribution in [0.1, 0.15) is 25.3 Å². The lowest BCUT2D eigenvalue weighted by Gasteiger charge is -2.36. The first-order valence-electron chi connectivity index (χ1n) is 6.79. The average Bonchev–Trinajstić information content (AvgIpc) is 2.95. The molecule has 0 radical (unpaired) electrons. The topological polar surface area (TPSA) is 15.3 Å². The molecule has 3 heteroatoms. The second-order valence-electron chi connectivity index (χ2n) is 5.69. The molecule has 2 fully saturated rings. The minimum absolute atomic E-state index is 0.843. The highest BCUT2D eigenvalue weighted by molar-refractivity contribution is 7.07. The monoisotopic (exact) mass is 250 g/mol. The van der Waals surface area contributed by atoms with Crippen molar-refractivity contribution in [2.75, 3.05) is 19.6 Å². The molecule has 94 valence electrons. The Morgan fingerprint density at radius 2 is 2.29 bits per heavy atom. The lowest BCUT2D eigenvalue weighted by Crippen LogP contribution is -2.48. The Labute approximate surface area is 108 Å². The van der Waals surface area contributed by atoms with Gasteiger partial charge in [-0.05, 0) is 60.2 Å². The van der Waals surface area contributed by atoms with Gasteiger partial charge in [-0.3, -0.25) is 4.90 Å². The molecule has 1 atom stereocenters. The minimum atomic E-state index is 0.843. The predicted octanol–water partition coefficient (Wildman–Crippen LogP) is 2.57. The third-order valence-corrected chi connectivity index (χ3v) is 4.90. The zero-order valence-electron chi connectivity index (χ0n) is 10.6. The van der Waals surface area contributed by atoms with Crippen LogP contribution >= 0.6 is 11.3 Å². The summed E-state index contributed by atoms with van der Waals surface area (Å²) in [4.78, 5) is 2.71. The molecule has 0 amide bonds. The van der Waals surface area contributed by atoms with Crippen LogP contribution in [0.4, 0.5) is 0 Å². The summed E-state index contributed by atoms with van der Waals surface area (Å²) in [5, 5.41) is 7.88. The summed E-state index contributed by atoms with van der Waals surface area (Å²) in [5.74, 6) is 1.76. The van der Waals surface area contributed by atoms with Gasteiger partial charge in [0, 0.05) is 19.1 Å². The standard InChI is InChI=1S/C14H22N2S/c1-11(13-6-15-7-13)8-16(14-2-3-14)9-12-4-5-17-10-12/h4-5,10-11,13-15H,2-3,6-9H2,1H3. The quantitative estimate of drug-likeness (QED) is 0.835. The molecule has 17 heavy (non-hydrogen) atoms. The van der Waals surface area contributed by atoms with Crippen LogP contribution in [-0.2, 0) is 6.54 Å². The highest BCUT2D eigenvalue weighted by Gasteiger charge is 2.32. The number of rotatable bonds is 6. The van der Waals surface area contributed by atoms with E-state index in [0.29, 0.717) is 0 Å². The Morgan fingerprint density at radius 3 is 2.82 bits per heavy atom. The highest BCUT2D eigenvalue weighted by Crippen LogP contribution is 2.30. The highest BCUT2D eigenvalue weighted by atomic mass is 32.1. The Morgan fingerprint density at radius 1 is 1.47 bits per heavy atom. The summed E-state index contributed by atoms with van der Waals surface area (Å²) >= 11 is 1.82. The van der Waals surface area contributed by atoms with Gasteiger partial charge in [-0.1, -0.05) is 6.92 Å². The molecule has 0 bridgehead atoms. The van der Waals surface area contributed by atoms with Crippen molar-refractivity contribution >= 4 is 11.3 Å². The molecule has 2 heterocycles. The van der Waals surface area contributed by atoms with Gasteiger partial charge in [0.15, 0.2) is 0 Å². The van der Waals surface area contributed by atoms with Crippen molar-refractivity contribution in [1.82, 2.24) is 10.2 Å². The summed E-state index contributed by atoms with van der Waals surface area (Å²) in [6.07, 6.45) is 2.83. The fourth-order valence-electron chi connectivity index (χ4n) is 2.63. The van der Waals surface area contributed by atoms with Crippen molar-refractivity contribution in [1.29, 1.82) is 0 Å². The van der Waals surface area contributed by atoms with Crippen LogP contribution < -0.4 is 5.32 Å².